The number of rotatable bonds is 8. The molecular formula is C12H23NO4S2. The summed E-state index contributed by atoms with van der Waals surface area (Å²) in [5.74, 6) is -0.283. The molecule has 0 amide bonds. The van der Waals surface area contributed by atoms with Gasteiger partial charge in [-0.3, -0.25) is 0 Å². The first kappa shape index (κ1) is 18.1. The van der Waals surface area contributed by atoms with E-state index in [-0.39, 0.29) is 0 Å². The highest BCUT2D eigenvalue weighted by atomic mass is 32.3. The lowest BCUT2D eigenvalue weighted by molar-refractivity contribution is -0.136. The normalized spacial score (nSPS) is 13.3. The molecule has 7 heteroatoms. The van der Waals surface area contributed by atoms with E-state index < -0.39 is 32.4 Å². The van der Waals surface area contributed by atoms with E-state index in [4.69, 9.17) is 9.47 Å². The quantitative estimate of drug-likeness (QED) is 0.548. The molecule has 0 aromatic carbocycles. The number of nitrogens with one attached hydrogen (secondary N) is 1. The van der Waals surface area contributed by atoms with Crippen LogP contribution in [0.3, 0.4) is 0 Å². The predicted octanol–water partition coefficient (Wildman–Crippen LogP) is 1.91. The van der Waals surface area contributed by atoms with Gasteiger partial charge in [0, 0.05) is 12.2 Å². The maximum absolute atomic E-state index is 11.0. The molecule has 0 atom stereocenters. The summed E-state index contributed by atoms with van der Waals surface area (Å²) in [6.45, 7) is 6.69. The van der Waals surface area contributed by atoms with Gasteiger partial charge < -0.3 is 9.47 Å². The van der Waals surface area contributed by atoms with Gasteiger partial charge in [-0.1, -0.05) is 13.2 Å². The second-order valence-corrected chi connectivity index (χ2v) is 12.0. The number of hydrogen-bond acceptors (Lipinski definition) is 5. The Balaban J connectivity index is 4.36. The summed E-state index contributed by atoms with van der Waals surface area (Å²) in [4.78, 5) is 22.1. The molecule has 0 heterocycles. The van der Waals surface area contributed by atoms with Crippen molar-refractivity contribution in [2.45, 2.75) is 0 Å². The number of ether oxygens (including phenoxy) is 2. The van der Waals surface area contributed by atoms with E-state index >= 15 is 0 Å². The molecule has 0 aromatic heterocycles. The second kappa shape index (κ2) is 7.62. The lowest BCUT2D eigenvalue weighted by atomic mass is 10.7. The number of carbonyl (C=O) groups excluding carboxylic acids is 2. The molecule has 0 unspecified atom stereocenters. The lowest BCUT2D eigenvalue weighted by Crippen LogP contribution is -2.29. The third kappa shape index (κ3) is 8.74. The molecule has 0 aliphatic carbocycles. The van der Waals surface area contributed by atoms with Crippen molar-refractivity contribution >= 4 is 32.4 Å². The summed E-state index contributed by atoms with van der Waals surface area (Å²) in [5, 5.41) is 0. The first-order valence-corrected chi connectivity index (χ1v) is 10.6. The van der Waals surface area contributed by atoms with Crippen LogP contribution in [-0.2, 0) is 19.1 Å². The molecular weight excluding hydrogens is 286 g/mol. The van der Waals surface area contributed by atoms with Crippen molar-refractivity contribution in [3.63, 3.8) is 0 Å². The van der Waals surface area contributed by atoms with Gasteiger partial charge in [0.15, 0.2) is 0 Å². The van der Waals surface area contributed by atoms with Crippen molar-refractivity contribution in [2.75, 3.05) is 36.9 Å². The van der Waals surface area contributed by atoms with Gasteiger partial charge in [-0.15, -0.1) is 0 Å². The van der Waals surface area contributed by atoms with E-state index in [1.54, 1.807) is 0 Å². The molecule has 19 heavy (non-hydrogen) atoms. The molecule has 5 nitrogen and oxygen atoms in total. The van der Waals surface area contributed by atoms with Crippen molar-refractivity contribution in [3.8, 4) is 0 Å². The number of hydrogen-bond donors (Lipinski definition) is 1. The van der Waals surface area contributed by atoms with E-state index in [0.717, 1.165) is 12.2 Å². The van der Waals surface area contributed by atoms with Gasteiger partial charge in [0.2, 0.25) is 0 Å². The maximum Gasteiger partial charge on any atom is 0.330 e. The number of carbonyl (C=O) groups is 2. The van der Waals surface area contributed by atoms with Gasteiger partial charge in [0.1, 0.15) is 11.9 Å². The SMILES string of the molecule is C=CC(=O)OCS(C)(C)NS(C)(C)COC(=O)C=C. The summed E-state index contributed by atoms with van der Waals surface area (Å²) in [6.07, 6.45) is 10.3. The van der Waals surface area contributed by atoms with Crippen LogP contribution in [0.4, 0.5) is 0 Å². The fourth-order valence-electron chi connectivity index (χ4n) is 1.19. The Morgan fingerprint density at radius 2 is 1.26 bits per heavy atom. The highest BCUT2D eigenvalue weighted by Crippen LogP contribution is 2.48. The van der Waals surface area contributed by atoms with Gasteiger partial charge in [-0.05, 0) is 25.0 Å². The second-order valence-electron chi connectivity index (χ2n) is 4.73. The van der Waals surface area contributed by atoms with Gasteiger partial charge in [0.25, 0.3) is 0 Å². The van der Waals surface area contributed by atoms with Crippen LogP contribution in [0.1, 0.15) is 0 Å². The van der Waals surface area contributed by atoms with Crippen LogP contribution in [0.2, 0.25) is 0 Å². The zero-order chi connectivity index (χ0) is 15.1. The van der Waals surface area contributed by atoms with Gasteiger partial charge >= 0.3 is 11.9 Å². The van der Waals surface area contributed by atoms with Crippen LogP contribution in [0.25, 0.3) is 0 Å². The molecule has 0 radical (unpaired) electrons. The minimum absolute atomic E-state index is 0.295. The molecule has 0 saturated carbocycles. The van der Waals surface area contributed by atoms with Crippen molar-refractivity contribution in [1.29, 1.82) is 0 Å². The molecule has 0 aromatic rings. The standard InChI is InChI=1S/C12H23NO4S2/c1-7-11(14)16-9-18(3,4)13-19(5,6)10-17-12(15)8-2/h7-8,13H,1-2,9-10H2,3-6H3. The third-order valence-corrected chi connectivity index (χ3v) is 6.80. The Morgan fingerprint density at radius 3 is 1.53 bits per heavy atom. The Morgan fingerprint density at radius 1 is 0.947 bits per heavy atom. The molecule has 0 aliphatic heterocycles. The topological polar surface area (TPSA) is 64.6 Å². The first-order valence-electron chi connectivity index (χ1n) is 5.41. The van der Waals surface area contributed by atoms with Crippen LogP contribution in [0, 0.1) is 0 Å². The third-order valence-electron chi connectivity index (χ3n) is 1.78. The molecule has 1 N–H and O–H groups in total. The Hall–Kier alpha value is -0.920. The zero-order valence-electron chi connectivity index (χ0n) is 11.9. The average Bonchev–Trinajstić information content (AvgIpc) is 2.31. The van der Waals surface area contributed by atoms with Crippen LogP contribution >= 0.6 is 20.4 Å². The van der Waals surface area contributed by atoms with Gasteiger partial charge in [0.05, 0.1) is 0 Å². The molecule has 0 bridgehead atoms. The van der Waals surface area contributed by atoms with Crippen molar-refractivity contribution in [3.05, 3.63) is 25.3 Å². The monoisotopic (exact) mass is 309 g/mol. The van der Waals surface area contributed by atoms with E-state index in [0.29, 0.717) is 11.9 Å². The minimum atomic E-state index is -1.32. The smallest absolute Gasteiger partial charge is 0.330 e. The molecule has 0 rings (SSSR count). The molecule has 0 saturated heterocycles. The molecule has 0 aliphatic rings. The number of esters is 2. The van der Waals surface area contributed by atoms with Crippen molar-refractivity contribution < 1.29 is 19.1 Å². The first-order chi connectivity index (χ1) is 8.62. The summed E-state index contributed by atoms with van der Waals surface area (Å²) in [6, 6.07) is 0. The summed E-state index contributed by atoms with van der Waals surface area (Å²) in [7, 11) is -2.64. The Kier molecular flexibility index (Phi) is 7.25. The summed E-state index contributed by atoms with van der Waals surface area (Å²) in [5.41, 5.74) is 0. The highest BCUT2D eigenvalue weighted by molar-refractivity contribution is 8.44. The highest BCUT2D eigenvalue weighted by Gasteiger charge is 2.22. The minimum Gasteiger partial charge on any atom is -0.452 e. The van der Waals surface area contributed by atoms with E-state index in [2.05, 4.69) is 17.3 Å². The van der Waals surface area contributed by atoms with Crippen molar-refractivity contribution in [2.24, 2.45) is 0 Å². The Labute approximate surface area is 118 Å². The largest absolute Gasteiger partial charge is 0.452 e. The fraction of sp³-hybridized carbons (Fsp3) is 0.500. The summed E-state index contributed by atoms with van der Waals surface area (Å²) < 4.78 is 13.5. The molecule has 112 valence electrons. The summed E-state index contributed by atoms with van der Waals surface area (Å²) >= 11 is 0. The van der Waals surface area contributed by atoms with E-state index in [1.165, 1.54) is 0 Å². The fourth-order valence-corrected chi connectivity index (χ4v) is 7.28. The maximum atomic E-state index is 11.0. The lowest BCUT2D eigenvalue weighted by Gasteiger charge is -2.42. The van der Waals surface area contributed by atoms with Crippen LogP contribution in [0.5, 0.6) is 0 Å². The van der Waals surface area contributed by atoms with Gasteiger partial charge in [-0.25, -0.2) is 13.7 Å². The van der Waals surface area contributed by atoms with E-state index in [9.17, 15) is 9.59 Å². The molecule has 0 spiro atoms. The van der Waals surface area contributed by atoms with Crippen molar-refractivity contribution in [1.82, 2.24) is 4.13 Å². The van der Waals surface area contributed by atoms with E-state index in [1.807, 2.05) is 25.0 Å². The van der Waals surface area contributed by atoms with Crippen LogP contribution in [-0.4, -0.2) is 48.8 Å². The zero-order valence-corrected chi connectivity index (χ0v) is 13.6. The van der Waals surface area contributed by atoms with Gasteiger partial charge in [-0.2, -0.15) is 20.4 Å². The average molecular weight is 309 g/mol. The van der Waals surface area contributed by atoms with Crippen LogP contribution < -0.4 is 4.13 Å². The predicted molar refractivity (Wildman–Crippen MR) is 84.3 cm³/mol. The molecule has 0 fully saturated rings. The van der Waals surface area contributed by atoms with Crippen LogP contribution in [0.15, 0.2) is 25.3 Å². The Bertz CT molecular complexity index is 333.